The van der Waals surface area contributed by atoms with Crippen molar-refractivity contribution in [2.75, 3.05) is 38.2 Å². The highest BCUT2D eigenvalue weighted by Crippen LogP contribution is 2.35. The summed E-state index contributed by atoms with van der Waals surface area (Å²) in [6.45, 7) is 7.14. The van der Waals surface area contributed by atoms with Crippen molar-refractivity contribution in [1.29, 1.82) is 0 Å². The molecule has 1 aliphatic heterocycles. The number of fused-ring (bicyclic) bond motifs is 3. The predicted octanol–water partition coefficient (Wildman–Crippen LogP) is 2.02. The van der Waals surface area contributed by atoms with E-state index in [9.17, 15) is 4.79 Å². The highest BCUT2D eigenvalue weighted by atomic mass is 32.1. The Morgan fingerprint density at radius 3 is 2.77 bits per heavy atom. The fraction of sp³-hybridized carbons (Fsp3) is 0.478. The SMILES string of the molecule is COc1ccc(N2CC[NH+](Cc3nc4sc5c(c4c(=O)[nH]3)CC[C@@H](C)C5)CC2)cc1. The minimum absolute atomic E-state index is 0.0540. The molecule has 0 saturated carbocycles. The normalized spacial score (nSPS) is 19.8. The number of hydrogen-bond acceptors (Lipinski definition) is 5. The third kappa shape index (κ3) is 3.72. The van der Waals surface area contributed by atoms with Gasteiger partial charge in [0, 0.05) is 10.6 Å². The van der Waals surface area contributed by atoms with Crippen molar-refractivity contribution in [2.45, 2.75) is 32.7 Å². The number of aromatic nitrogens is 2. The first kappa shape index (κ1) is 19.6. The van der Waals surface area contributed by atoms with E-state index in [0.717, 1.165) is 67.4 Å². The lowest BCUT2D eigenvalue weighted by atomic mass is 9.89. The molecule has 2 aliphatic rings. The van der Waals surface area contributed by atoms with Crippen LogP contribution in [0.4, 0.5) is 5.69 Å². The molecular formula is C23H29N4O2S+. The topological polar surface area (TPSA) is 62.7 Å². The highest BCUT2D eigenvalue weighted by Gasteiger charge is 2.25. The maximum Gasteiger partial charge on any atom is 0.260 e. The molecule has 1 saturated heterocycles. The number of H-pyrrole nitrogens is 1. The van der Waals surface area contributed by atoms with Gasteiger partial charge in [0.1, 0.15) is 17.1 Å². The van der Waals surface area contributed by atoms with E-state index in [2.05, 4.69) is 28.9 Å². The van der Waals surface area contributed by atoms with Gasteiger partial charge in [0.15, 0.2) is 5.82 Å². The Morgan fingerprint density at radius 1 is 1.27 bits per heavy atom. The van der Waals surface area contributed by atoms with Crippen LogP contribution in [-0.4, -0.2) is 43.3 Å². The first-order valence-electron chi connectivity index (χ1n) is 10.9. The molecule has 6 nitrogen and oxygen atoms in total. The molecule has 1 fully saturated rings. The monoisotopic (exact) mass is 425 g/mol. The van der Waals surface area contributed by atoms with Crippen molar-refractivity contribution in [3.05, 3.63) is 50.9 Å². The predicted molar refractivity (Wildman–Crippen MR) is 121 cm³/mol. The molecule has 1 aromatic carbocycles. The van der Waals surface area contributed by atoms with Crippen LogP contribution in [-0.2, 0) is 19.4 Å². The summed E-state index contributed by atoms with van der Waals surface area (Å²) >= 11 is 1.74. The molecule has 2 aromatic heterocycles. The van der Waals surface area contributed by atoms with Gasteiger partial charge in [0.05, 0.1) is 38.7 Å². The first-order chi connectivity index (χ1) is 14.6. The van der Waals surface area contributed by atoms with Gasteiger partial charge >= 0.3 is 0 Å². The zero-order chi connectivity index (χ0) is 20.7. The average Bonchev–Trinajstić information content (AvgIpc) is 3.12. The summed E-state index contributed by atoms with van der Waals surface area (Å²) in [7, 11) is 1.69. The van der Waals surface area contributed by atoms with Crippen molar-refractivity contribution < 1.29 is 9.64 Å². The van der Waals surface area contributed by atoms with Crippen molar-refractivity contribution >= 4 is 27.2 Å². The molecule has 0 amide bonds. The highest BCUT2D eigenvalue weighted by molar-refractivity contribution is 7.18. The third-order valence-corrected chi connectivity index (χ3v) is 7.69. The number of aromatic amines is 1. The van der Waals surface area contributed by atoms with Crippen molar-refractivity contribution in [1.82, 2.24) is 9.97 Å². The Bertz CT molecular complexity index is 1100. The number of ether oxygens (including phenoxy) is 1. The summed E-state index contributed by atoms with van der Waals surface area (Å²) in [5, 5.41) is 0.852. The van der Waals surface area contributed by atoms with Gasteiger partial charge in [-0.3, -0.25) is 4.79 Å². The molecule has 3 heterocycles. The van der Waals surface area contributed by atoms with Gasteiger partial charge in [-0.2, -0.15) is 0 Å². The summed E-state index contributed by atoms with van der Waals surface area (Å²) in [5.74, 6) is 2.42. The molecular weight excluding hydrogens is 396 g/mol. The lowest BCUT2D eigenvalue weighted by Gasteiger charge is -2.33. The number of rotatable bonds is 4. The van der Waals surface area contributed by atoms with E-state index in [1.807, 2.05) is 12.1 Å². The van der Waals surface area contributed by atoms with E-state index in [1.165, 1.54) is 27.4 Å². The largest absolute Gasteiger partial charge is 0.497 e. The number of quaternary nitrogens is 1. The number of aryl methyl sites for hydroxylation is 1. The maximum atomic E-state index is 12.8. The molecule has 2 N–H and O–H groups in total. The van der Waals surface area contributed by atoms with Gasteiger partial charge in [-0.05, 0) is 55.0 Å². The van der Waals surface area contributed by atoms with Crippen LogP contribution in [0.15, 0.2) is 29.1 Å². The molecule has 0 spiro atoms. The van der Waals surface area contributed by atoms with Gasteiger partial charge < -0.3 is 19.5 Å². The van der Waals surface area contributed by atoms with Gasteiger partial charge in [-0.25, -0.2) is 4.98 Å². The lowest BCUT2D eigenvalue weighted by molar-refractivity contribution is -0.915. The number of hydrogen-bond donors (Lipinski definition) is 2. The van der Waals surface area contributed by atoms with E-state index in [0.29, 0.717) is 5.92 Å². The van der Waals surface area contributed by atoms with Crippen LogP contribution in [0.1, 0.15) is 29.6 Å². The quantitative estimate of drug-likeness (QED) is 0.671. The Morgan fingerprint density at radius 2 is 2.03 bits per heavy atom. The Balaban J connectivity index is 1.28. The molecule has 158 valence electrons. The van der Waals surface area contributed by atoms with Crippen LogP contribution in [0, 0.1) is 5.92 Å². The minimum atomic E-state index is 0.0540. The second-order valence-corrected chi connectivity index (χ2v) is 9.74. The number of nitrogens with zero attached hydrogens (tertiary/aromatic N) is 2. The molecule has 30 heavy (non-hydrogen) atoms. The van der Waals surface area contributed by atoms with Crippen LogP contribution < -0.4 is 20.1 Å². The number of thiophene rings is 1. The number of anilines is 1. The smallest absolute Gasteiger partial charge is 0.260 e. The van der Waals surface area contributed by atoms with Crippen LogP contribution in [0.25, 0.3) is 10.2 Å². The first-order valence-corrected chi connectivity index (χ1v) is 11.7. The molecule has 1 aliphatic carbocycles. The summed E-state index contributed by atoms with van der Waals surface area (Å²) in [6.07, 6.45) is 3.27. The third-order valence-electron chi connectivity index (χ3n) is 6.54. The number of piperazine rings is 1. The second-order valence-electron chi connectivity index (χ2n) is 8.66. The standard InChI is InChI=1S/C23H28N4O2S/c1-15-3-8-18-19(13-15)30-23-21(18)22(28)24-20(25-23)14-26-9-11-27(12-10-26)16-4-6-17(29-2)7-5-16/h4-7,15H,3,8-14H2,1-2H3,(H,24,25,28)/p+1/t15-/m1/s1. The van der Waals surface area contributed by atoms with Crippen LogP contribution in [0.5, 0.6) is 5.75 Å². The minimum Gasteiger partial charge on any atom is -0.497 e. The summed E-state index contributed by atoms with van der Waals surface area (Å²) in [6, 6.07) is 8.27. The number of methoxy groups -OCH3 is 1. The average molecular weight is 426 g/mol. The fourth-order valence-corrected chi connectivity index (χ4v) is 6.17. The van der Waals surface area contributed by atoms with E-state index in [1.54, 1.807) is 18.4 Å². The molecule has 5 rings (SSSR count). The molecule has 0 bridgehead atoms. The fourth-order valence-electron chi connectivity index (χ4n) is 4.76. The zero-order valence-corrected chi connectivity index (χ0v) is 18.5. The summed E-state index contributed by atoms with van der Waals surface area (Å²) in [5.41, 5.74) is 2.55. The van der Waals surface area contributed by atoms with Gasteiger partial charge in [-0.1, -0.05) is 6.92 Å². The van der Waals surface area contributed by atoms with Crippen molar-refractivity contribution in [3.8, 4) is 5.75 Å². The van der Waals surface area contributed by atoms with E-state index in [-0.39, 0.29) is 5.56 Å². The molecule has 0 radical (unpaired) electrons. The molecule has 0 unspecified atom stereocenters. The Labute approximate surface area is 180 Å². The van der Waals surface area contributed by atoms with Crippen molar-refractivity contribution in [2.24, 2.45) is 5.92 Å². The molecule has 7 heteroatoms. The van der Waals surface area contributed by atoms with E-state index in [4.69, 9.17) is 9.72 Å². The molecule has 1 atom stereocenters. The lowest BCUT2D eigenvalue weighted by Crippen LogP contribution is -3.13. The maximum absolute atomic E-state index is 12.8. The van der Waals surface area contributed by atoms with Crippen molar-refractivity contribution in [3.63, 3.8) is 0 Å². The number of benzene rings is 1. The van der Waals surface area contributed by atoms with E-state index >= 15 is 0 Å². The van der Waals surface area contributed by atoms with Gasteiger partial charge in [-0.15, -0.1) is 11.3 Å². The van der Waals surface area contributed by atoms with Gasteiger partial charge in [0.2, 0.25) is 0 Å². The van der Waals surface area contributed by atoms with E-state index < -0.39 is 0 Å². The van der Waals surface area contributed by atoms with Crippen LogP contribution in [0.3, 0.4) is 0 Å². The second kappa shape index (κ2) is 8.04. The Kier molecular flexibility index (Phi) is 5.25. The summed E-state index contributed by atoms with van der Waals surface area (Å²) < 4.78 is 5.25. The summed E-state index contributed by atoms with van der Waals surface area (Å²) in [4.78, 5) is 27.0. The number of nitrogens with one attached hydrogen (secondary N) is 2. The van der Waals surface area contributed by atoms with Gasteiger partial charge in [0.25, 0.3) is 5.56 Å². The Hall–Kier alpha value is -2.38. The van der Waals surface area contributed by atoms with Crippen LogP contribution in [0.2, 0.25) is 0 Å². The van der Waals surface area contributed by atoms with Crippen LogP contribution >= 0.6 is 11.3 Å². The zero-order valence-electron chi connectivity index (χ0n) is 17.7. The molecule has 3 aromatic rings.